The van der Waals surface area contributed by atoms with Crippen LogP contribution in [0.2, 0.25) is 0 Å². The van der Waals surface area contributed by atoms with Gasteiger partial charge in [-0.05, 0) is 46.5 Å². The van der Waals surface area contributed by atoms with E-state index in [1.807, 2.05) is 10.9 Å². The Morgan fingerprint density at radius 1 is 1.22 bits per heavy atom. The fourth-order valence-corrected chi connectivity index (χ4v) is 4.72. The third-order valence-corrected chi connectivity index (χ3v) is 6.96. The predicted molar refractivity (Wildman–Crippen MR) is 88.4 cm³/mol. The van der Waals surface area contributed by atoms with Gasteiger partial charge in [0.15, 0.2) is 0 Å². The van der Waals surface area contributed by atoms with Crippen molar-refractivity contribution in [3.63, 3.8) is 0 Å². The molecule has 0 aromatic carbocycles. The zero-order valence-electron chi connectivity index (χ0n) is 14.2. The lowest BCUT2D eigenvalue weighted by Crippen LogP contribution is -2.45. The topological polar surface area (TPSA) is 80.1 Å². The van der Waals surface area contributed by atoms with Gasteiger partial charge in [0.1, 0.15) is 0 Å². The second-order valence-corrected chi connectivity index (χ2v) is 9.84. The van der Waals surface area contributed by atoms with Crippen molar-refractivity contribution in [1.82, 2.24) is 24.6 Å². The van der Waals surface area contributed by atoms with Crippen LogP contribution in [0.3, 0.4) is 0 Å². The molecule has 0 unspecified atom stereocenters. The van der Waals surface area contributed by atoms with Crippen molar-refractivity contribution in [2.24, 2.45) is 0 Å². The molecule has 7 nitrogen and oxygen atoms in total. The lowest BCUT2D eigenvalue weighted by Gasteiger charge is -2.31. The van der Waals surface area contributed by atoms with Crippen molar-refractivity contribution in [2.45, 2.75) is 69.8 Å². The van der Waals surface area contributed by atoms with Crippen LogP contribution in [0.1, 0.15) is 52.1 Å². The molecule has 0 spiro atoms. The van der Waals surface area contributed by atoms with E-state index in [-0.39, 0.29) is 10.8 Å². The highest BCUT2D eigenvalue weighted by molar-refractivity contribution is 7.90. The predicted octanol–water partition coefficient (Wildman–Crippen LogP) is 1.08. The molecule has 1 saturated heterocycles. The Morgan fingerprint density at radius 2 is 1.87 bits per heavy atom. The van der Waals surface area contributed by atoms with E-state index < -0.39 is 10.0 Å². The molecule has 1 aliphatic carbocycles. The molecule has 2 heterocycles. The van der Waals surface area contributed by atoms with E-state index in [9.17, 15) is 8.42 Å². The molecule has 23 heavy (non-hydrogen) atoms. The minimum atomic E-state index is -3.01. The van der Waals surface area contributed by atoms with Crippen LogP contribution in [0.15, 0.2) is 6.20 Å². The Morgan fingerprint density at radius 3 is 2.39 bits per heavy atom. The largest absolute Gasteiger partial charge is 0.308 e. The van der Waals surface area contributed by atoms with Gasteiger partial charge in [-0.1, -0.05) is 5.21 Å². The molecule has 2 aliphatic rings. The Labute approximate surface area is 138 Å². The smallest absolute Gasteiger partial charge is 0.216 e. The van der Waals surface area contributed by atoms with E-state index >= 15 is 0 Å². The summed E-state index contributed by atoms with van der Waals surface area (Å²) in [7, 11) is -3.01. The molecule has 3 rings (SSSR count). The first-order chi connectivity index (χ1) is 10.8. The summed E-state index contributed by atoms with van der Waals surface area (Å²) in [6.07, 6.45) is 5.37. The van der Waals surface area contributed by atoms with Crippen LogP contribution in [-0.4, -0.2) is 52.1 Å². The number of hydrogen-bond acceptors (Lipinski definition) is 5. The number of aromatic nitrogens is 3. The summed E-state index contributed by atoms with van der Waals surface area (Å²) in [5, 5.41) is 11.7. The van der Waals surface area contributed by atoms with Crippen molar-refractivity contribution >= 4 is 10.0 Å². The minimum absolute atomic E-state index is 0.0617. The average Bonchev–Trinajstić information content (AvgIpc) is 3.24. The number of hydrogen-bond donors (Lipinski definition) is 1. The second-order valence-electron chi connectivity index (χ2n) is 7.62. The molecule has 0 atom stereocenters. The van der Waals surface area contributed by atoms with E-state index in [0.717, 1.165) is 31.4 Å². The maximum absolute atomic E-state index is 12.2. The summed E-state index contributed by atoms with van der Waals surface area (Å²) in [4.78, 5) is 0. The lowest BCUT2D eigenvalue weighted by molar-refractivity contribution is 0.287. The summed E-state index contributed by atoms with van der Waals surface area (Å²) in [5.41, 5.74) is 0.862. The first-order valence-corrected chi connectivity index (χ1v) is 9.91. The van der Waals surface area contributed by atoms with Crippen LogP contribution in [0.5, 0.6) is 0 Å². The van der Waals surface area contributed by atoms with Crippen molar-refractivity contribution in [3.8, 4) is 0 Å². The molecule has 1 aliphatic heterocycles. The minimum Gasteiger partial charge on any atom is -0.308 e. The SMILES string of the molecule is CC(C)(C)n1cc(CNC2CCN(S(=O)(=O)C3CC3)CC2)nn1. The van der Waals surface area contributed by atoms with Crippen LogP contribution in [-0.2, 0) is 22.1 Å². The highest BCUT2D eigenvalue weighted by Crippen LogP contribution is 2.32. The van der Waals surface area contributed by atoms with Gasteiger partial charge >= 0.3 is 0 Å². The molecular weight excluding hydrogens is 314 g/mol. The number of rotatable bonds is 5. The van der Waals surface area contributed by atoms with Gasteiger partial charge in [-0.3, -0.25) is 0 Å². The van der Waals surface area contributed by atoms with Gasteiger partial charge in [0.2, 0.25) is 10.0 Å². The van der Waals surface area contributed by atoms with Crippen molar-refractivity contribution in [1.29, 1.82) is 0 Å². The molecule has 8 heteroatoms. The zero-order chi connectivity index (χ0) is 16.7. The Balaban J connectivity index is 1.47. The molecule has 0 amide bonds. The fourth-order valence-electron chi connectivity index (χ4n) is 2.85. The van der Waals surface area contributed by atoms with E-state index in [0.29, 0.717) is 25.7 Å². The Hall–Kier alpha value is -0.990. The summed E-state index contributed by atoms with van der Waals surface area (Å²) >= 11 is 0. The van der Waals surface area contributed by atoms with E-state index in [1.165, 1.54) is 0 Å². The number of sulfonamides is 1. The normalized spacial score (nSPS) is 21.7. The summed E-state index contributed by atoms with van der Waals surface area (Å²) < 4.78 is 28.0. The quantitative estimate of drug-likeness (QED) is 0.867. The van der Waals surface area contributed by atoms with E-state index in [1.54, 1.807) is 4.31 Å². The maximum Gasteiger partial charge on any atom is 0.216 e. The summed E-state index contributed by atoms with van der Waals surface area (Å²) in [6, 6.07) is 0.348. The fraction of sp³-hybridized carbons (Fsp3) is 0.867. The molecule has 1 aromatic rings. The highest BCUT2D eigenvalue weighted by atomic mass is 32.2. The lowest BCUT2D eigenvalue weighted by atomic mass is 10.1. The third-order valence-electron chi connectivity index (χ3n) is 4.56. The van der Waals surface area contributed by atoms with Crippen LogP contribution in [0, 0.1) is 0 Å². The highest BCUT2D eigenvalue weighted by Gasteiger charge is 2.41. The van der Waals surface area contributed by atoms with Crippen molar-refractivity contribution in [2.75, 3.05) is 13.1 Å². The standard InChI is InChI=1S/C15H27N5O2S/c1-15(2,3)20-11-13(17-18-20)10-16-12-6-8-19(9-7-12)23(21,22)14-4-5-14/h11-12,14,16H,4-10H2,1-3H3. The van der Waals surface area contributed by atoms with Gasteiger partial charge in [0, 0.05) is 25.7 Å². The summed E-state index contributed by atoms with van der Waals surface area (Å²) in [6.45, 7) is 8.21. The van der Waals surface area contributed by atoms with Gasteiger partial charge in [-0.2, -0.15) is 0 Å². The molecule has 0 radical (unpaired) electrons. The molecule has 1 aromatic heterocycles. The zero-order valence-corrected chi connectivity index (χ0v) is 15.0. The first-order valence-electron chi connectivity index (χ1n) is 8.41. The van der Waals surface area contributed by atoms with Crippen LogP contribution < -0.4 is 5.32 Å². The average molecular weight is 341 g/mol. The molecule has 1 saturated carbocycles. The van der Waals surface area contributed by atoms with E-state index in [4.69, 9.17) is 0 Å². The first kappa shape index (κ1) is 16.9. The Bertz CT molecular complexity index is 637. The molecule has 2 fully saturated rings. The third kappa shape index (κ3) is 3.92. The number of nitrogens with zero attached hydrogens (tertiary/aromatic N) is 4. The Kier molecular flexibility index (Phi) is 4.50. The second kappa shape index (κ2) is 6.14. The molecule has 0 bridgehead atoms. The van der Waals surface area contributed by atoms with E-state index in [2.05, 4.69) is 36.4 Å². The van der Waals surface area contributed by atoms with Crippen LogP contribution >= 0.6 is 0 Å². The van der Waals surface area contributed by atoms with Crippen molar-refractivity contribution < 1.29 is 8.42 Å². The van der Waals surface area contributed by atoms with Crippen LogP contribution in [0.4, 0.5) is 0 Å². The van der Waals surface area contributed by atoms with Gasteiger partial charge in [0.05, 0.1) is 22.7 Å². The molecule has 1 N–H and O–H groups in total. The number of piperidine rings is 1. The van der Waals surface area contributed by atoms with Gasteiger partial charge < -0.3 is 5.32 Å². The van der Waals surface area contributed by atoms with Gasteiger partial charge in [-0.25, -0.2) is 17.4 Å². The van der Waals surface area contributed by atoms with Crippen LogP contribution in [0.25, 0.3) is 0 Å². The summed E-state index contributed by atoms with van der Waals surface area (Å²) in [5.74, 6) is 0. The van der Waals surface area contributed by atoms with Crippen molar-refractivity contribution in [3.05, 3.63) is 11.9 Å². The monoisotopic (exact) mass is 341 g/mol. The van der Waals surface area contributed by atoms with Gasteiger partial charge in [-0.15, -0.1) is 5.10 Å². The number of nitrogens with one attached hydrogen (secondary N) is 1. The maximum atomic E-state index is 12.2. The molecular formula is C15H27N5O2S. The van der Waals surface area contributed by atoms with Gasteiger partial charge in [0.25, 0.3) is 0 Å². The molecule has 130 valence electrons.